The van der Waals surface area contributed by atoms with E-state index in [1.165, 1.54) is 5.56 Å². The fourth-order valence-electron chi connectivity index (χ4n) is 2.92. The highest BCUT2D eigenvalue weighted by molar-refractivity contribution is 5.84. The number of benzene rings is 1. The predicted octanol–water partition coefficient (Wildman–Crippen LogP) is 3.03. The summed E-state index contributed by atoms with van der Waals surface area (Å²) in [6, 6.07) is 8.23. The highest BCUT2D eigenvalue weighted by Gasteiger charge is 2.16. The van der Waals surface area contributed by atoms with Crippen LogP contribution in [0.1, 0.15) is 42.4 Å². The number of hydrogen-bond donors (Lipinski definition) is 1. The van der Waals surface area contributed by atoms with Gasteiger partial charge in [-0.1, -0.05) is 12.1 Å². The van der Waals surface area contributed by atoms with Gasteiger partial charge in [0.2, 0.25) is 0 Å². The second-order valence-corrected chi connectivity index (χ2v) is 5.27. The van der Waals surface area contributed by atoms with Crippen molar-refractivity contribution in [1.82, 2.24) is 4.98 Å². The van der Waals surface area contributed by atoms with Crippen molar-refractivity contribution in [3.8, 4) is 6.07 Å². The zero-order valence-corrected chi connectivity index (χ0v) is 11.0. The van der Waals surface area contributed by atoms with Gasteiger partial charge in [-0.25, -0.2) is 0 Å². The van der Waals surface area contributed by atoms with E-state index in [1.54, 1.807) is 0 Å². The Bertz CT molecular complexity index is 737. The van der Waals surface area contributed by atoms with Gasteiger partial charge >= 0.3 is 0 Å². The minimum Gasteiger partial charge on any atom is -0.322 e. The lowest BCUT2D eigenvalue weighted by Gasteiger charge is -2.17. The zero-order chi connectivity index (χ0) is 13.4. The Morgan fingerprint density at radius 1 is 1.26 bits per heavy atom. The van der Waals surface area contributed by atoms with Crippen molar-refractivity contribution in [2.75, 3.05) is 0 Å². The van der Waals surface area contributed by atoms with Crippen LogP contribution >= 0.6 is 0 Å². The third kappa shape index (κ3) is 1.94. The maximum atomic E-state index is 12.1. The number of fused-ring (bicyclic) bond motifs is 3. The maximum absolute atomic E-state index is 12.1. The first kappa shape index (κ1) is 12.0. The van der Waals surface area contributed by atoms with E-state index in [0.717, 1.165) is 47.7 Å². The SMILES string of the molecule is CC(C#N)c1ccc2c3c(c(=O)[nH]c2c1)CCCC3. The smallest absolute Gasteiger partial charge is 0.251 e. The van der Waals surface area contributed by atoms with Crippen molar-refractivity contribution in [3.63, 3.8) is 0 Å². The van der Waals surface area contributed by atoms with Gasteiger partial charge in [0.1, 0.15) is 0 Å². The summed E-state index contributed by atoms with van der Waals surface area (Å²) in [5.41, 5.74) is 4.04. The quantitative estimate of drug-likeness (QED) is 0.848. The van der Waals surface area contributed by atoms with Gasteiger partial charge in [-0.2, -0.15) is 5.26 Å². The molecular formula is C16H16N2O. The van der Waals surface area contributed by atoms with E-state index in [0.29, 0.717) is 0 Å². The monoisotopic (exact) mass is 252 g/mol. The minimum atomic E-state index is -0.149. The van der Waals surface area contributed by atoms with Gasteiger partial charge in [0.15, 0.2) is 0 Å². The Balaban J connectivity index is 2.26. The van der Waals surface area contributed by atoms with Crippen LogP contribution < -0.4 is 5.56 Å². The number of aromatic amines is 1. The fraction of sp³-hybridized carbons (Fsp3) is 0.375. The number of nitriles is 1. The van der Waals surface area contributed by atoms with Gasteiger partial charge in [-0.3, -0.25) is 4.79 Å². The number of hydrogen-bond acceptors (Lipinski definition) is 2. The molecule has 3 nitrogen and oxygen atoms in total. The van der Waals surface area contributed by atoms with Crippen molar-refractivity contribution < 1.29 is 0 Å². The number of aromatic nitrogens is 1. The van der Waals surface area contributed by atoms with Gasteiger partial charge in [0.05, 0.1) is 12.0 Å². The van der Waals surface area contributed by atoms with Crippen LogP contribution in [0, 0.1) is 11.3 Å². The lowest BCUT2D eigenvalue weighted by molar-refractivity contribution is 0.682. The molecule has 1 heterocycles. The lowest BCUT2D eigenvalue weighted by Crippen LogP contribution is -2.19. The van der Waals surface area contributed by atoms with Crippen LogP contribution in [-0.2, 0) is 12.8 Å². The normalized spacial score (nSPS) is 15.8. The minimum absolute atomic E-state index is 0.0453. The summed E-state index contributed by atoms with van der Waals surface area (Å²) < 4.78 is 0. The Morgan fingerprint density at radius 2 is 2.00 bits per heavy atom. The average molecular weight is 252 g/mol. The molecule has 3 heteroatoms. The van der Waals surface area contributed by atoms with Crippen molar-refractivity contribution in [3.05, 3.63) is 45.2 Å². The topological polar surface area (TPSA) is 56.6 Å². The number of nitrogens with zero attached hydrogens (tertiary/aromatic N) is 1. The van der Waals surface area contributed by atoms with Gasteiger partial charge in [-0.05, 0) is 49.8 Å². The van der Waals surface area contributed by atoms with E-state index < -0.39 is 0 Å². The fourth-order valence-corrected chi connectivity index (χ4v) is 2.92. The molecule has 2 aromatic rings. The molecule has 1 aliphatic carbocycles. The molecule has 0 fully saturated rings. The molecule has 1 unspecified atom stereocenters. The summed E-state index contributed by atoms with van der Waals surface area (Å²) in [6.45, 7) is 1.87. The molecule has 96 valence electrons. The summed E-state index contributed by atoms with van der Waals surface area (Å²) in [4.78, 5) is 15.1. The van der Waals surface area contributed by atoms with Crippen molar-refractivity contribution in [2.45, 2.75) is 38.5 Å². The van der Waals surface area contributed by atoms with E-state index >= 15 is 0 Å². The first-order valence-electron chi connectivity index (χ1n) is 6.78. The summed E-state index contributed by atoms with van der Waals surface area (Å²) >= 11 is 0. The Hall–Kier alpha value is -2.08. The second-order valence-electron chi connectivity index (χ2n) is 5.27. The Kier molecular flexibility index (Phi) is 2.87. The number of rotatable bonds is 1. The van der Waals surface area contributed by atoms with Gasteiger partial charge in [-0.15, -0.1) is 0 Å². The molecular weight excluding hydrogens is 236 g/mol. The number of aryl methyl sites for hydroxylation is 1. The molecule has 0 saturated heterocycles. The van der Waals surface area contributed by atoms with Crippen LogP contribution in [0.3, 0.4) is 0 Å². The molecule has 0 saturated carbocycles. The van der Waals surface area contributed by atoms with Crippen LogP contribution in [0.4, 0.5) is 0 Å². The summed E-state index contributed by atoms with van der Waals surface area (Å²) in [5.74, 6) is -0.149. The molecule has 0 bridgehead atoms. The van der Waals surface area contributed by atoms with E-state index in [-0.39, 0.29) is 11.5 Å². The lowest BCUT2D eigenvalue weighted by atomic mass is 9.89. The summed E-state index contributed by atoms with van der Waals surface area (Å²) in [5, 5.41) is 10.1. The van der Waals surface area contributed by atoms with E-state index in [1.807, 2.05) is 19.1 Å². The van der Waals surface area contributed by atoms with E-state index in [9.17, 15) is 4.79 Å². The Labute approximate surface area is 111 Å². The highest BCUT2D eigenvalue weighted by Crippen LogP contribution is 2.27. The van der Waals surface area contributed by atoms with E-state index in [2.05, 4.69) is 17.1 Å². The summed E-state index contributed by atoms with van der Waals surface area (Å²) in [6.07, 6.45) is 4.13. The molecule has 0 amide bonds. The van der Waals surface area contributed by atoms with Crippen molar-refractivity contribution in [2.24, 2.45) is 0 Å². The van der Waals surface area contributed by atoms with Crippen LogP contribution in [-0.4, -0.2) is 4.98 Å². The molecule has 1 N–H and O–H groups in total. The van der Waals surface area contributed by atoms with Crippen LogP contribution in [0.15, 0.2) is 23.0 Å². The molecule has 1 aliphatic rings. The molecule has 0 aliphatic heterocycles. The molecule has 1 atom stereocenters. The zero-order valence-electron chi connectivity index (χ0n) is 11.0. The van der Waals surface area contributed by atoms with Gasteiger partial charge in [0.25, 0.3) is 5.56 Å². The molecule has 1 aromatic heterocycles. The number of nitrogens with one attached hydrogen (secondary N) is 1. The van der Waals surface area contributed by atoms with Crippen LogP contribution in [0.5, 0.6) is 0 Å². The maximum Gasteiger partial charge on any atom is 0.251 e. The second kappa shape index (κ2) is 4.55. The van der Waals surface area contributed by atoms with Crippen molar-refractivity contribution in [1.29, 1.82) is 5.26 Å². The van der Waals surface area contributed by atoms with Crippen molar-refractivity contribution >= 4 is 10.9 Å². The molecule has 0 spiro atoms. The predicted molar refractivity (Wildman–Crippen MR) is 75.2 cm³/mol. The van der Waals surface area contributed by atoms with E-state index in [4.69, 9.17) is 5.26 Å². The highest BCUT2D eigenvalue weighted by atomic mass is 16.1. The first-order chi connectivity index (χ1) is 9.20. The number of pyridine rings is 1. The molecule has 3 rings (SSSR count). The third-order valence-electron chi connectivity index (χ3n) is 4.05. The summed E-state index contributed by atoms with van der Waals surface area (Å²) in [7, 11) is 0. The van der Waals surface area contributed by atoms with Crippen LogP contribution in [0.25, 0.3) is 10.9 Å². The first-order valence-corrected chi connectivity index (χ1v) is 6.78. The van der Waals surface area contributed by atoms with Gasteiger partial charge in [0, 0.05) is 16.5 Å². The largest absolute Gasteiger partial charge is 0.322 e. The third-order valence-corrected chi connectivity index (χ3v) is 4.05. The van der Waals surface area contributed by atoms with Gasteiger partial charge < -0.3 is 4.98 Å². The molecule has 0 radical (unpaired) electrons. The average Bonchev–Trinajstić information content (AvgIpc) is 2.46. The Morgan fingerprint density at radius 3 is 2.74 bits per heavy atom. The number of H-pyrrole nitrogens is 1. The standard InChI is InChI=1S/C16H16N2O/c1-10(9-17)11-6-7-13-12-4-2-3-5-14(12)16(19)18-15(13)8-11/h6-8,10H,2-5H2,1H3,(H,18,19). The molecule has 1 aromatic carbocycles. The van der Waals surface area contributed by atoms with Crippen LogP contribution in [0.2, 0.25) is 0 Å². The molecule has 19 heavy (non-hydrogen) atoms.